The van der Waals surface area contributed by atoms with Gasteiger partial charge in [0.25, 0.3) is 18.0 Å². The van der Waals surface area contributed by atoms with Crippen molar-refractivity contribution in [2.24, 2.45) is 5.92 Å². The Bertz CT molecular complexity index is 354. The molecule has 7 heteroatoms. The fraction of sp³-hybridized carbons (Fsp3) is 0.700. The highest BCUT2D eigenvalue weighted by molar-refractivity contribution is 6.17. The molecule has 2 rings (SSSR count). The summed E-state index contributed by atoms with van der Waals surface area (Å²) in [5.74, 6) is -1.97. The Morgan fingerprint density at radius 3 is 2.82 bits per heavy atom. The largest absolute Gasteiger partial charge is 0.381 e. The van der Waals surface area contributed by atoms with E-state index in [0.29, 0.717) is 19.6 Å². The minimum atomic E-state index is -2.27. The lowest BCUT2D eigenvalue weighted by Crippen LogP contribution is -2.59. The highest BCUT2D eigenvalue weighted by Gasteiger charge is 2.40. The van der Waals surface area contributed by atoms with Gasteiger partial charge in [-0.1, -0.05) is 0 Å². The topological polar surface area (TPSA) is 75.7 Å². The van der Waals surface area contributed by atoms with E-state index in [4.69, 9.17) is 4.74 Å². The van der Waals surface area contributed by atoms with E-state index in [1.807, 2.05) is 0 Å². The molecule has 17 heavy (non-hydrogen) atoms. The van der Waals surface area contributed by atoms with Crippen LogP contribution in [0.4, 0.5) is 9.18 Å². The van der Waals surface area contributed by atoms with Crippen LogP contribution in [0.15, 0.2) is 0 Å². The summed E-state index contributed by atoms with van der Waals surface area (Å²) in [6.07, 6.45) is -0.825. The number of rotatable bonds is 3. The number of barbiturate groups is 1. The third-order valence-corrected chi connectivity index (χ3v) is 2.97. The number of halogens is 1. The van der Waals surface area contributed by atoms with Crippen LogP contribution in [0.3, 0.4) is 0 Å². The summed E-state index contributed by atoms with van der Waals surface area (Å²) < 4.78 is 18.3. The molecule has 0 spiro atoms. The molecule has 0 aromatic carbocycles. The number of amides is 4. The Balaban J connectivity index is 1.92. The molecule has 0 bridgehead atoms. The molecule has 94 valence electrons. The van der Waals surface area contributed by atoms with Crippen LogP contribution in [-0.2, 0) is 14.3 Å². The van der Waals surface area contributed by atoms with Crippen LogP contribution in [-0.4, -0.2) is 48.7 Å². The lowest BCUT2D eigenvalue weighted by atomic mass is 10.0. The van der Waals surface area contributed by atoms with Gasteiger partial charge in [-0.2, -0.15) is 0 Å². The molecular formula is C10H13FN2O4. The van der Waals surface area contributed by atoms with E-state index in [2.05, 4.69) is 0 Å². The maximum atomic E-state index is 13.1. The number of hydrogen-bond donors (Lipinski definition) is 1. The Morgan fingerprint density at radius 2 is 2.18 bits per heavy atom. The van der Waals surface area contributed by atoms with Gasteiger partial charge in [-0.05, 0) is 18.8 Å². The summed E-state index contributed by atoms with van der Waals surface area (Å²) in [7, 11) is 0. The average Bonchev–Trinajstić information content (AvgIpc) is 2.79. The van der Waals surface area contributed by atoms with Gasteiger partial charge in [0.2, 0.25) is 0 Å². The molecular weight excluding hydrogens is 231 g/mol. The zero-order chi connectivity index (χ0) is 12.4. The Morgan fingerprint density at radius 1 is 1.41 bits per heavy atom. The minimum absolute atomic E-state index is 0.117. The van der Waals surface area contributed by atoms with Crippen molar-refractivity contribution in [1.82, 2.24) is 10.2 Å². The normalized spacial score (nSPS) is 29.7. The first-order valence-corrected chi connectivity index (χ1v) is 5.47. The van der Waals surface area contributed by atoms with Crippen molar-refractivity contribution in [1.29, 1.82) is 0 Å². The maximum Gasteiger partial charge on any atom is 0.330 e. The van der Waals surface area contributed by atoms with Gasteiger partial charge in [-0.3, -0.25) is 19.8 Å². The number of urea groups is 1. The number of nitrogens with zero attached hydrogens (tertiary/aromatic N) is 1. The van der Waals surface area contributed by atoms with Crippen LogP contribution in [0.2, 0.25) is 0 Å². The first kappa shape index (κ1) is 12.0. The zero-order valence-corrected chi connectivity index (χ0v) is 9.15. The lowest BCUT2D eigenvalue weighted by molar-refractivity contribution is -0.143. The minimum Gasteiger partial charge on any atom is -0.381 e. The predicted molar refractivity (Wildman–Crippen MR) is 53.7 cm³/mol. The molecule has 0 saturated carbocycles. The zero-order valence-electron chi connectivity index (χ0n) is 9.15. The Kier molecular flexibility index (Phi) is 3.37. The van der Waals surface area contributed by atoms with Gasteiger partial charge in [0.15, 0.2) is 0 Å². The standard InChI is InChI=1S/C10H13FN2O4/c11-7-8(14)12-10(16)13(9(7)15)3-1-6-2-4-17-5-6/h6-7H,1-5H2,(H,12,14,16). The third-order valence-electron chi connectivity index (χ3n) is 2.97. The first-order valence-electron chi connectivity index (χ1n) is 5.47. The molecule has 4 amide bonds. The molecule has 0 aromatic heterocycles. The number of hydrogen-bond acceptors (Lipinski definition) is 4. The second kappa shape index (κ2) is 4.79. The second-order valence-electron chi connectivity index (χ2n) is 4.17. The van der Waals surface area contributed by atoms with Crippen molar-refractivity contribution in [3.8, 4) is 0 Å². The van der Waals surface area contributed by atoms with E-state index < -0.39 is 24.0 Å². The molecule has 2 heterocycles. The van der Waals surface area contributed by atoms with Crippen LogP contribution in [0.1, 0.15) is 12.8 Å². The summed E-state index contributed by atoms with van der Waals surface area (Å²) >= 11 is 0. The van der Waals surface area contributed by atoms with Crippen LogP contribution in [0, 0.1) is 5.92 Å². The Hall–Kier alpha value is -1.50. The molecule has 1 N–H and O–H groups in total. The molecule has 0 aromatic rings. The van der Waals surface area contributed by atoms with Gasteiger partial charge in [0, 0.05) is 19.8 Å². The van der Waals surface area contributed by atoms with E-state index in [9.17, 15) is 18.8 Å². The molecule has 0 radical (unpaired) electrons. The van der Waals surface area contributed by atoms with E-state index >= 15 is 0 Å². The first-order chi connectivity index (χ1) is 8.09. The predicted octanol–water partition coefficient (Wildman–Crippen LogP) is -0.171. The summed E-state index contributed by atoms with van der Waals surface area (Å²) in [4.78, 5) is 34.3. The number of carbonyl (C=O) groups excluding carboxylic acids is 3. The van der Waals surface area contributed by atoms with Gasteiger partial charge in [0.1, 0.15) is 0 Å². The van der Waals surface area contributed by atoms with Crippen molar-refractivity contribution in [2.45, 2.75) is 19.0 Å². The summed E-state index contributed by atoms with van der Waals surface area (Å²) in [5.41, 5.74) is 0. The van der Waals surface area contributed by atoms with E-state index in [1.54, 1.807) is 5.32 Å². The maximum absolute atomic E-state index is 13.1. The van der Waals surface area contributed by atoms with Crippen molar-refractivity contribution < 1.29 is 23.5 Å². The number of alkyl halides is 1. The van der Waals surface area contributed by atoms with Crippen LogP contribution in [0.5, 0.6) is 0 Å². The SMILES string of the molecule is O=C1NC(=O)N(CCC2CCOC2)C(=O)C1F. The van der Waals surface area contributed by atoms with Crippen molar-refractivity contribution in [3.63, 3.8) is 0 Å². The number of ether oxygens (including phenoxy) is 1. The third kappa shape index (κ3) is 2.44. The second-order valence-corrected chi connectivity index (χ2v) is 4.17. The van der Waals surface area contributed by atoms with E-state index in [1.165, 1.54) is 0 Å². The quantitative estimate of drug-likeness (QED) is 0.699. The summed E-state index contributed by atoms with van der Waals surface area (Å²) in [5, 5.41) is 1.81. The van der Waals surface area contributed by atoms with Crippen LogP contribution < -0.4 is 5.32 Å². The fourth-order valence-corrected chi connectivity index (χ4v) is 1.92. The number of carbonyl (C=O) groups is 3. The molecule has 6 nitrogen and oxygen atoms in total. The van der Waals surface area contributed by atoms with E-state index in [-0.39, 0.29) is 12.5 Å². The lowest BCUT2D eigenvalue weighted by Gasteiger charge is -2.27. The molecule has 2 atom stereocenters. The van der Waals surface area contributed by atoms with Crippen LogP contribution >= 0.6 is 0 Å². The van der Waals surface area contributed by atoms with Gasteiger partial charge in [-0.25, -0.2) is 9.18 Å². The van der Waals surface area contributed by atoms with Crippen molar-refractivity contribution >= 4 is 17.8 Å². The molecule has 2 aliphatic rings. The fourth-order valence-electron chi connectivity index (χ4n) is 1.92. The van der Waals surface area contributed by atoms with Crippen LogP contribution in [0.25, 0.3) is 0 Å². The number of nitrogens with one attached hydrogen (secondary N) is 1. The molecule has 2 unspecified atom stereocenters. The van der Waals surface area contributed by atoms with Gasteiger partial charge in [-0.15, -0.1) is 0 Å². The average molecular weight is 244 g/mol. The molecule has 2 aliphatic heterocycles. The smallest absolute Gasteiger partial charge is 0.330 e. The van der Waals surface area contributed by atoms with E-state index in [0.717, 1.165) is 11.3 Å². The summed E-state index contributed by atoms with van der Waals surface area (Å²) in [6.45, 7) is 1.39. The van der Waals surface area contributed by atoms with Gasteiger partial charge < -0.3 is 4.74 Å². The van der Waals surface area contributed by atoms with Gasteiger partial charge >= 0.3 is 6.03 Å². The molecule has 2 saturated heterocycles. The summed E-state index contributed by atoms with van der Waals surface area (Å²) in [6, 6.07) is -0.840. The monoisotopic (exact) mass is 244 g/mol. The number of imide groups is 2. The highest BCUT2D eigenvalue weighted by atomic mass is 19.1. The van der Waals surface area contributed by atoms with Gasteiger partial charge in [0.05, 0.1) is 0 Å². The Labute approximate surface area is 97.1 Å². The molecule has 0 aliphatic carbocycles. The molecule has 2 fully saturated rings. The van der Waals surface area contributed by atoms with Crippen molar-refractivity contribution in [2.75, 3.05) is 19.8 Å². The highest BCUT2D eigenvalue weighted by Crippen LogP contribution is 2.18. The van der Waals surface area contributed by atoms with Crippen molar-refractivity contribution in [3.05, 3.63) is 0 Å².